The number of fused-ring (bicyclic) bond motifs is 1. The van der Waals surface area contributed by atoms with E-state index in [9.17, 15) is 18.7 Å². The zero-order valence-corrected chi connectivity index (χ0v) is 13.2. The molecule has 0 saturated heterocycles. The Kier molecular flexibility index (Phi) is 4.08. The summed E-state index contributed by atoms with van der Waals surface area (Å²) in [5.41, 5.74) is 1.06. The summed E-state index contributed by atoms with van der Waals surface area (Å²) in [6, 6.07) is 5.14. The lowest BCUT2D eigenvalue weighted by Crippen LogP contribution is -2.43. The number of carbonyl (C=O) groups excluding carboxylic acids is 1. The molecule has 1 aromatic heterocycles. The van der Waals surface area contributed by atoms with E-state index in [0.29, 0.717) is 12.0 Å². The van der Waals surface area contributed by atoms with Crippen molar-refractivity contribution in [3.05, 3.63) is 35.2 Å². The highest BCUT2D eigenvalue weighted by Crippen LogP contribution is 2.34. The molecule has 0 spiro atoms. The lowest BCUT2D eigenvalue weighted by atomic mass is 10.0. The Bertz CT molecular complexity index is 768. The van der Waals surface area contributed by atoms with Gasteiger partial charge in [0.25, 0.3) is 11.8 Å². The quantitative estimate of drug-likeness (QED) is 0.895. The summed E-state index contributed by atoms with van der Waals surface area (Å²) in [4.78, 5) is 15.6. The average molecular weight is 337 g/mol. The fourth-order valence-electron chi connectivity index (χ4n) is 2.68. The van der Waals surface area contributed by atoms with E-state index in [1.54, 1.807) is 6.07 Å². The number of aromatic nitrogens is 2. The molecule has 128 valence electrons. The summed E-state index contributed by atoms with van der Waals surface area (Å²) in [6.45, 7) is 2.86. The summed E-state index contributed by atoms with van der Waals surface area (Å²) in [6.07, 6.45) is -1.38. The molecule has 2 aromatic rings. The van der Waals surface area contributed by atoms with Gasteiger partial charge in [-0.15, -0.1) is 0 Å². The van der Waals surface area contributed by atoms with Crippen LogP contribution in [0.1, 0.15) is 49.8 Å². The van der Waals surface area contributed by atoms with Crippen LogP contribution in [0.4, 0.5) is 8.78 Å². The number of aliphatic hydroxyl groups is 1. The number of halogens is 2. The Morgan fingerprint density at radius 2 is 2.21 bits per heavy atom. The predicted octanol–water partition coefficient (Wildman–Crippen LogP) is 2.55. The maximum Gasteiger partial charge on any atom is 0.315 e. The lowest BCUT2D eigenvalue weighted by molar-refractivity contribution is -0.137. The summed E-state index contributed by atoms with van der Waals surface area (Å²) in [5.74, 6) is -1.04. The first kappa shape index (κ1) is 16.5. The van der Waals surface area contributed by atoms with Gasteiger partial charge in [-0.2, -0.15) is 13.8 Å². The summed E-state index contributed by atoms with van der Waals surface area (Å²) in [7, 11) is 0. The van der Waals surface area contributed by atoms with Crippen molar-refractivity contribution in [1.29, 1.82) is 0 Å². The maximum atomic E-state index is 12.5. The molecule has 8 heteroatoms. The van der Waals surface area contributed by atoms with Gasteiger partial charge in [-0.3, -0.25) is 4.79 Å². The number of hydrogen-bond acceptors (Lipinski definition) is 5. The molecule has 1 aliphatic rings. The minimum atomic E-state index is -2.80. The molecule has 24 heavy (non-hydrogen) atoms. The molecular weight excluding hydrogens is 320 g/mol. The second-order valence-electron chi connectivity index (χ2n) is 6.29. The number of alkyl halides is 2. The van der Waals surface area contributed by atoms with Crippen molar-refractivity contribution in [2.45, 2.75) is 44.8 Å². The second kappa shape index (κ2) is 5.94. The maximum absolute atomic E-state index is 12.5. The normalized spacial score (nSPS) is 17.2. The third-order valence-corrected chi connectivity index (χ3v) is 3.97. The van der Waals surface area contributed by atoms with E-state index in [0.717, 1.165) is 17.5 Å². The number of rotatable bonds is 4. The van der Waals surface area contributed by atoms with E-state index < -0.39 is 23.8 Å². The Balaban J connectivity index is 1.81. The van der Waals surface area contributed by atoms with Crippen molar-refractivity contribution in [2.75, 3.05) is 0 Å². The van der Waals surface area contributed by atoms with Crippen molar-refractivity contribution in [1.82, 2.24) is 15.5 Å². The van der Waals surface area contributed by atoms with Crippen molar-refractivity contribution in [3.63, 3.8) is 0 Å². The van der Waals surface area contributed by atoms with Crippen molar-refractivity contribution < 1.29 is 23.2 Å². The summed E-state index contributed by atoms with van der Waals surface area (Å²) in [5, 5.41) is 16.1. The third kappa shape index (κ3) is 3.14. The Morgan fingerprint density at radius 3 is 2.83 bits per heavy atom. The van der Waals surface area contributed by atoms with Gasteiger partial charge in [0.05, 0.1) is 6.04 Å². The SMILES string of the molecule is CC(C)(O)C(=O)N[C@@H]1CCc2cc(-c3noc(C(F)F)n3)ccc21. The van der Waals surface area contributed by atoms with Crippen LogP contribution in [0.15, 0.2) is 22.7 Å². The monoisotopic (exact) mass is 337 g/mol. The van der Waals surface area contributed by atoms with Gasteiger partial charge >= 0.3 is 6.43 Å². The molecule has 0 aliphatic heterocycles. The fraction of sp³-hybridized carbons (Fsp3) is 0.438. The van der Waals surface area contributed by atoms with Crippen LogP contribution in [0, 0.1) is 0 Å². The average Bonchev–Trinajstić information content (AvgIpc) is 3.13. The van der Waals surface area contributed by atoms with E-state index in [-0.39, 0.29) is 11.9 Å². The zero-order chi connectivity index (χ0) is 17.5. The first-order valence-corrected chi connectivity index (χ1v) is 7.54. The molecule has 0 unspecified atom stereocenters. The first-order chi connectivity index (χ1) is 11.3. The first-order valence-electron chi connectivity index (χ1n) is 7.54. The van der Waals surface area contributed by atoms with Gasteiger partial charge in [0.15, 0.2) is 0 Å². The van der Waals surface area contributed by atoms with E-state index >= 15 is 0 Å². The van der Waals surface area contributed by atoms with Crippen LogP contribution in [0.3, 0.4) is 0 Å². The molecule has 1 heterocycles. The number of nitrogens with zero attached hydrogens (tertiary/aromatic N) is 2. The van der Waals surface area contributed by atoms with E-state index in [1.165, 1.54) is 13.8 Å². The predicted molar refractivity (Wildman–Crippen MR) is 80.2 cm³/mol. The fourth-order valence-corrected chi connectivity index (χ4v) is 2.68. The molecular formula is C16H17F2N3O3. The number of carbonyl (C=O) groups is 1. The topological polar surface area (TPSA) is 88.2 Å². The van der Waals surface area contributed by atoms with Crippen LogP contribution >= 0.6 is 0 Å². The molecule has 0 radical (unpaired) electrons. The zero-order valence-electron chi connectivity index (χ0n) is 13.2. The smallest absolute Gasteiger partial charge is 0.315 e. The molecule has 1 aromatic carbocycles. The van der Waals surface area contributed by atoms with Crippen molar-refractivity contribution >= 4 is 5.91 Å². The number of benzene rings is 1. The van der Waals surface area contributed by atoms with Gasteiger partial charge in [-0.05, 0) is 43.9 Å². The van der Waals surface area contributed by atoms with Crippen LogP contribution in [-0.4, -0.2) is 26.8 Å². The van der Waals surface area contributed by atoms with Crippen molar-refractivity contribution in [2.24, 2.45) is 0 Å². The van der Waals surface area contributed by atoms with Crippen LogP contribution in [0.25, 0.3) is 11.4 Å². The van der Waals surface area contributed by atoms with Gasteiger partial charge in [-0.1, -0.05) is 17.3 Å². The van der Waals surface area contributed by atoms with E-state index in [2.05, 4.69) is 20.0 Å². The largest absolute Gasteiger partial charge is 0.381 e. The molecule has 3 rings (SSSR count). The van der Waals surface area contributed by atoms with Crippen molar-refractivity contribution in [3.8, 4) is 11.4 Å². The summed E-state index contributed by atoms with van der Waals surface area (Å²) >= 11 is 0. The highest BCUT2D eigenvalue weighted by Gasteiger charge is 2.30. The highest BCUT2D eigenvalue weighted by atomic mass is 19.3. The second-order valence-corrected chi connectivity index (χ2v) is 6.29. The molecule has 1 atom stereocenters. The molecule has 0 fully saturated rings. The van der Waals surface area contributed by atoms with Crippen LogP contribution in [-0.2, 0) is 11.2 Å². The molecule has 1 aliphatic carbocycles. The lowest BCUT2D eigenvalue weighted by Gasteiger charge is -2.21. The van der Waals surface area contributed by atoms with E-state index in [1.807, 2.05) is 12.1 Å². The summed E-state index contributed by atoms with van der Waals surface area (Å²) < 4.78 is 29.6. The van der Waals surface area contributed by atoms with Crippen LogP contribution in [0.5, 0.6) is 0 Å². The number of amides is 1. The Hall–Kier alpha value is -2.35. The molecule has 6 nitrogen and oxygen atoms in total. The van der Waals surface area contributed by atoms with Crippen LogP contribution in [0.2, 0.25) is 0 Å². The molecule has 0 bridgehead atoms. The van der Waals surface area contributed by atoms with Gasteiger partial charge in [0, 0.05) is 5.56 Å². The number of nitrogens with one attached hydrogen (secondary N) is 1. The number of hydrogen-bond donors (Lipinski definition) is 2. The molecule has 2 N–H and O–H groups in total. The molecule has 1 amide bonds. The molecule has 0 saturated carbocycles. The van der Waals surface area contributed by atoms with Gasteiger partial charge in [-0.25, -0.2) is 0 Å². The number of aryl methyl sites for hydroxylation is 1. The standard InChI is InChI=1S/C16H17F2N3O3/c1-16(2,23)15(22)19-11-6-4-8-7-9(3-5-10(8)11)13-20-14(12(17)18)24-21-13/h3,5,7,11-12,23H,4,6H2,1-2H3,(H,19,22)/t11-/m1/s1. The highest BCUT2D eigenvalue weighted by molar-refractivity contribution is 5.84. The Labute approximate surface area is 136 Å². The van der Waals surface area contributed by atoms with E-state index in [4.69, 9.17) is 0 Å². The minimum absolute atomic E-state index is 0.108. The van der Waals surface area contributed by atoms with Gasteiger partial charge in [0.1, 0.15) is 5.60 Å². The Morgan fingerprint density at radius 1 is 1.46 bits per heavy atom. The van der Waals surface area contributed by atoms with Crippen LogP contribution < -0.4 is 5.32 Å². The van der Waals surface area contributed by atoms with Gasteiger partial charge < -0.3 is 14.9 Å². The van der Waals surface area contributed by atoms with Gasteiger partial charge in [0.2, 0.25) is 5.82 Å². The third-order valence-electron chi connectivity index (χ3n) is 3.97. The minimum Gasteiger partial charge on any atom is -0.381 e.